The van der Waals surface area contributed by atoms with Gasteiger partial charge < -0.3 is 30.3 Å². The predicted molar refractivity (Wildman–Crippen MR) is 131 cm³/mol. The standard InChI is InChI=1S/C25H41N3O6/c1-17(2)18(24(31)32)13-21(29)19(26)14-27-15-23(30)28(16-25(27,3)4)20-9-6-7-10-22(20)34-12-8-11-33-5/h6-7,9-10,17-19,21,29H,8,11-16,26H2,1-5H3,(H,31,32)/t18-,19-,21-/m0/s1. The Labute approximate surface area is 202 Å². The van der Waals surface area contributed by atoms with Crippen LogP contribution in [0.2, 0.25) is 0 Å². The number of para-hydroxylation sites is 2. The summed E-state index contributed by atoms with van der Waals surface area (Å²) in [5.74, 6) is -1.16. The number of nitrogens with zero attached hydrogens (tertiary/aromatic N) is 2. The quantitative estimate of drug-likeness (QED) is 0.367. The number of anilines is 1. The molecule has 1 aromatic carbocycles. The van der Waals surface area contributed by atoms with Crippen molar-refractivity contribution in [1.29, 1.82) is 0 Å². The number of aliphatic carboxylic acids is 1. The second kappa shape index (κ2) is 12.5. The highest BCUT2D eigenvalue weighted by Crippen LogP contribution is 2.33. The fourth-order valence-electron chi connectivity index (χ4n) is 4.23. The van der Waals surface area contributed by atoms with Crippen LogP contribution in [-0.2, 0) is 14.3 Å². The van der Waals surface area contributed by atoms with Gasteiger partial charge in [-0.15, -0.1) is 0 Å². The second-order valence-corrected chi connectivity index (χ2v) is 9.99. The second-order valence-electron chi connectivity index (χ2n) is 9.99. The molecular weight excluding hydrogens is 438 g/mol. The van der Waals surface area contributed by atoms with Crippen LogP contribution in [0, 0.1) is 11.8 Å². The predicted octanol–water partition coefficient (Wildman–Crippen LogP) is 1.96. The maximum absolute atomic E-state index is 13.2. The van der Waals surface area contributed by atoms with E-state index in [9.17, 15) is 19.8 Å². The third-order valence-electron chi connectivity index (χ3n) is 6.48. The third-order valence-corrected chi connectivity index (χ3v) is 6.48. The third kappa shape index (κ3) is 7.40. The van der Waals surface area contributed by atoms with Crippen LogP contribution in [0.1, 0.15) is 40.5 Å². The number of ether oxygens (including phenoxy) is 2. The van der Waals surface area contributed by atoms with Gasteiger partial charge in [0.05, 0.1) is 30.9 Å². The van der Waals surface area contributed by atoms with Gasteiger partial charge in [-0.3, -0.25) is 14.5 Å². The molecule has 34 heavy (non-hydrogen) atoms. The van der Waals surface area contributed by atoms with Gasteiger partial charge in [0, 0.05) is 44.8 Å². The summed E-state index contributed by atoms with van der Waals surface area (Å²) < 4.78 is 11.0. The topological polar surface area (TPSA) is 126 Å². The number of amides is 1. The Kier molecular flexibility index (Phi) is 10.3. The minimum atomic E-state index is -0.978. The van der Waals surface area contributed by atoms with Gasteiger partial charge in [0.15, 0.2) is 0 Å². The van der Waals surface area contributed by atoms with E-state index in [-0.39, 0.29) is 31.3 Å². The number of hydrogen-bond acceptors (Lipinski definition) is 7. The average Bonchev–Trinajstić information content (AvgIpc) is 2.77. The van der Waals surface area contributed by atoms with Gasteiger partial charge in [0.25, 0.3) is 0 Å². The van der Waals surface area contributed by atoms with Crippen molar-refractivity contribution in [2.75, 3.05) is 44.9 Å². The first-order valence-corrected chi connectivity index (χ1v) is 11.9. The zero-order chi connectivity index (χ0) is 25.5. The highest BCUT2D eigenvalue weighted by atomic mass is 16.5. The lowest BCUT2D eigenvalue weighted by molar-refractivity contribution is -0.144. The smallest absolute Gasteiger partial charge is 0.306 e. The molecule has 3 atom stereocenters. The molecule has 192 valence electrons. The summed E-state index contributed by atoms with van der Waals surface area (Å²) >= 11 is 0. The van der Waals surface area contributed by atoms with Crippen molar-refractivity contribution in [3.63, 3.8) is 0 Å². The Morgan fingerprint density at radius 1 is 1.24 bits per heavy atom. The van der Waals surface area contributed by atoms with E-state index in [2.05, 4.69) is 0 Å². The van der Waals surface area contributed by atoms with Crippen molar-refractivity contribution in [2.24, 2.45) is 17.6 Å². The maximum atomic E-state index is 13.2. The van der Waals surface area contributed by atoms with Crippen molar-refractivity contribution in [1.82, 2.24) is 4.90 Å². The van der Waals surface area contributed by atoms with Crippen LogP contribution in [0.4, 0.5) is 5.69 Å². The number of hydrogen-bond donors (Lipinski definition) is 3. The van der Waals surface area contributed by atoms with Gasteiger partial charge in [0.2, 0.25) is 5.91 Å². The molecule has 1 saturated heterocycles. The molecule has 1 heterocycles. The Balaban J connectivity index is 2.08. The summed E-state index contributed by atoms with van der Waals surface area (Å²) in [6, 6.07) is 6.82. The number of piperazine rings is 1. The number of carboxylic acids is 1. The minimum absolute atomic E-state index is 0.0797. The lowest BCUT2D eigenvalue weighted by Crippen LogP contribution is -2.64. The van der Waals surface area contributed by atoms with Crippen LogP contribution in [0.5, 0.6) is 5.75 Å². The van der Waals surface area contributed by atoms with E-state index < -0.39 is 29.6 Å². The molecule has 2 rings (SSSR count). The lowest BCUT2D eigenvalue weighted by atomic mass is 9.87. The SMILES string of the molecule is COCCCOc1ccccc1N1CC(C)(C)N(C[C@H](N)[C@@H](O)C[C@H](C(=O)O)C(C)C)CC1=O. The van der Waals surface area contributed by atoms with Crippen LogP contribution in [0.3, 0.4) is 0 Å². The molecule has 4 N–H and O–H groups in total. The van der Waals surface area contributed by atoms with E-state index >= 15 is 0 Å². The molecule has 0 spiro atoms. The van der Waals surface area contributed by atoms with E-state index in [0.717, 1.165) is 12.1 Å². The zero-order valence-corrected chi connectivity index (χ0v) is 21.1. The normalized spacial score (nSPS) is 19.2. The van der Waals surface area contributed by atoms with Crippen LogP contribution in [-0.4, -0.2) is 84.6 Å². The number of methoxy groups -OCH3 is 1. The van der Waals surface area contributed by atoms with Crippen LogP contribution >= 0.6 is 0 Å². The molecule has 1 aromatic rings. The number of benzene rings is 1. The van der Waals surface area contributed by atoms with Gasteiger partial charge in [-0.05, 0) is 38.3 Å². The molecule has 0 saturated carbocycles. The molecule has 0 aliphatic carbocycles. The maximum Gasteiger partial charge on any atom is 0.306 e. The molecule has 0 bridgehead atoms. The Morgan fingerprint density at radius 2 is 1.91 bits per heavy atom. The van der Waals surface area contributed by atoms with Crippen LogP contribution < -0.4 is 15.4 Å². The van der Waals surface area contributed by atoms with E-state index in [4.69, 9.17) is 15.2 Å². The van der Waals surface area contributed by atoms with Crippen molar-refractivity contribution < 1.29 is 29.3 Å². The van der Waals surface area contributed by atoms with Crippen molar-refractivity contribution >= 4 is 17.6 Å². The van der Waals surface area contributed by atoms with Crippen molar-refractivity contribution in [3.05, 3.63) is 24.3 Å². The highest BCUT2D eigenvalue weighted by Gasteiger charge is 2.40. The summed E-state index contributed by atoms with van der Waals surface area (Å²) in [4.78, 5) is 28.4. The Bertz CT molecular complexity index is 816. The number of aliphatic hydroxyl groups excluding tert-OH is 1. The van der Waals surface area contributed by atoms with Gasteiger partial charge in [0.1, 0.15) is 5.75 Å². The average molecular weight is 480 g/mol. The van der Waals surface area contributed by atoms with Gasteiger partial charge in [-0.2, -0.15) is 0 Å². The zero-order valence-electron chi connectivity index (χ0n) is 21.1. The number of nitrogens with two attached hydrogens (primary N) is 1. The summed E-state index contributed by atoms with van der Waals surface area (Å²) in [5.41, 5.74) is 6.58. The summed E-state index contributed by atoms with van der Waals surface area (Å²) in [5, 5.41) is 20.0. The molecular formula is C25H41N3O6. The molecule has 0 aromatic heterocycles. The fraction of sp³-hybridized carbons (Fsp3) is 0.680. The van der Waals surface area contributed by atoms with Crippen molar-refractivity contribution in [2.45, 2.75) is 58.2 Å². The minimum Gasteiger partial charge on any atom is -0.491 e. The van der Waals surface area contributed by atoms with Gasteiger partial charge in [-0.1, -0.05) is 26.0 Å². The van der Waals surface area contributed by atoms with E-state index in [1.54, 1.807) is 12.0 Å². The molecule has 1 amide bonds. The molecule has 9 nitrogen and oxygen atoms in total. The van der Waals surface area contributed by atoms with Gasteiger partial charge >= 0.3 is 5.97 Å². The molecule has 0 unspecified atom stereocenters. The largest absolute Gasteiger partial charge is 0.491 e. The highest BCUT2D eigenvalue weighted by molar-refractivity contribution is 5.97. The molecule has 1 fully saturated rings. The van der Waals surface area contributed by atoms with E-state index in [0.29, 0.717) is 25.5 Å². The monoisotopic (exact) mass is 479 g/mol. The fourth-order valence-corrected chi connectivity index (χ4v) is 4.23. The molecule has 0 radical (unpaired) electrons. The molecule has 1 aliphatic rings. The first-order valence-electron chi connectivity index (χ1n) is 11.9. The van der Waals surface area contributed by atoms with E-state index in [1.807, 2.05) is 56.9 Å². The summed E-state index contributed by atoms with van der Waals surface area (Å²) in [6.45, 7) is 9.63. The van der Waals surface area contributed by atoms with Crippen LogP contribution in [0.15, 0.2) is 24.3 Å². The Hall–Kier alpha value is -2.20. The molecule has 9 heteroatoms. The number of carboxylic acid groups (broad SMARTS) is 1. The lowest BCUT2D eigenvalue weighted by Gasteiger charge is -2.48. The number of aliphatic hydroxyl groups is 1. The number of carbonyl (C=O) groups excluding carboxylic acids is 1. The Morgan fingerprint density at radius 3 is 2.53 bits per heavy atom. The summed E-state index contributed by atoms with van der Waals surface area (Å²) in [7, 11) is 1.65. The first-order chi connectivity index (χ1) is 16.0. The summed E-state index contributed by atoms with van der Waals surface area (Å²) in [6.07, 6.45) is -0.151. The number of carbonyl (C=O) groups is 2. The van der Waals surface area contributed by atoms with Gasteiger partial charge in [-0.25, -0.2) is 0 Å². The molecule has 1 aliphatic heterocycles. The van der Waals surface area contributed by atoms with Crippen LogP contribution in [0.25, 0.3) is 0 Å². The van der Waals surface area contributed by atoms with E-state index in [1.165, 1.54) is 0 Å². The first kappa shape index (κ1) is 28.0. The number of rotatable bonds is 13. The van der Waals surface area contributed by atoms with Crippen molar-refractivity contribution in [3.8, 4) is 5.75 Å².